The predicted molar refractivity (Wildman–Crippen MR) is 121 cm³/mol. The molecule has 0 saturated carbocycles. The molecular formula is C24H39NO3. The summed E-state index contributed by atoms with van der Waals surface area (Å²) in [6.07, 6.45) is 32.7. The number of carboxylic acids is 1. The maximum absolute atomic E-state index is 10.2. The highest BCUT2D eigenvalue weighted by atomic mass is 16.4. The Morgan fingerprint density at radius 2 is 1.18 bits per heavy atom. The van der Waals surface area contributed by atoms with Crippen molar-refractivity contribution in [2.24, 2.45) is 5.73 Å². The van der Waals surface area contributed by atoms with Crippen molar-refractivity contribution in [3.8, 4) is 0 Å². The molecule has 0 aromatic rings. The van der Waals surface area contributed by atoms with E-state index in [1.54, 1.807) is 12.2 Å². The zero-order chi connectivity index (χ0) is 21.1. The number of allylic oxidation sites excluding steroid dienone is 11. The molecule has 0 rings (SSSR count). The van der Waals surface area contributed by atoms with Gasteiger partial charge >= 0.3 is 5.97 Å². The molecule has 4 nitrogen and oxygen atoms in total. The van der Waals surface area contributed by atoms with Crippen LogP contribution in [0.15, 0.2) is 72.9 Å². The first-order chi connectivity index (χ1) is 13.7. The van der Waals surface area contributed by atoms with Crippen LogP contribution in [0, 0.1) is 0 Å². The van der Waals surface area contributed by atoms with Crippen LogP contribution in [0.1, 0.15) is 58.3 Å². The summed E-state index contributed by atoms with van der Waals surface area (Å²) in [4.78, 5) is 10.2. The Balaban J connectivity index is 0. The third kappa shape index (κ3) is 31.6. The van der Waals surface area contributed by atoms with E-state index in [1.807, 2.05) is 36.5 Å². The maximum atomic E-state index is 10.2. The number of carboxylic acid groups (broad SMARTS) is 1. The lowest BCUT2D eigenvalue weighted by molar-refractivity contribution is -0.131. The van der Waals surface area contributed by atoms with Crippen molar-refractivity contribution in [1.82, 2.24) is 0 Å². The van der Waals surface area contributed by atoms with E-state index in [4.69, 9.17) is 15.9 Å². The molecule has 0 heterocycles. The minimum atomic E-state index is -0.936. The van der Waals surface area contributed by atoms with E-state index in [0.29, 0.717) is 6.54 Å². The van der Waals surface area contributed by atoms with Gasteiger partial charge in [0.05, 0.1) is 6.61 Å². The van der Waals surface area contributed by atoms with Crippen molar-refractivity contribution in [3.63, 3.8) is 0 Å². The first-order valence-electron chi connectivity index (χ1n) is 10.2. The van der Waals surface area contributed by atoms with Gasteiger partial charge in [-0.2, -0.15) is 0 Å². The molecule has 28 heavy (non-hydrogen) atoms. The Morgan fingerprint density at radius 1 is 0.750 bits per heavy atom. The largest absolute Gasteiger partial charge is 0.478 e. The Labute approximate surface area is 171 Å². The van der Waals surface area contributed by atoms with Gasteiger partial charge in [-0.15, -0.1) is 0 Å². The Bertz CT molecular complexity index is 498. The van der Waals surface area contributed by atoms with Gasteiger partial charge in [-0.1, -0.05) is 112 Å². The highest BCUT2D eigenvalue weighted by Crippen LogP contribution is 2.08. The van der Waals surface area contributed by atoms with Crippen LogP contribution in [-0.2, 0) is 4.79 Å². The lowest BCUT2D eigenvalue weighted by atomic mass is 10.1. The predicted octanol–water partition coefficient (Wildman–Crippen LogP) is 5.49. The third-order valence-corrected chi connectivity index (χ3v) is 3.48. The normalized spacial score (nSPS) is 12.2. The number of nitrogens with two attached hydrogens (primary N) is 1. The maximum Gasteiger partial charge on any atom is 0.328 e. The van der Waals surface area contributed by atoms with Gasteiger partial charge in [0.1, 0.15) is 0 Å². The van der Waals surface area contributed by atoms with Gasteiger partial charge in [0.2, 0.25) is 0 Å². The lowest BCUT2D eigenvalue weighted by Gasteiger charge is -1.98. The summed E-state index contributed by atoms with van der Waals surface area (Å²) in [6, 6.07) is 0. The molecule has 0 aliphatic rings. The monoisotopic (exact) mass is 389 g/mol. The van der Waals surface area contributed by atoms with Crippen LogP contribution in [0.3, 0.4) is 0 Å². The van der Waals surface area contributed by atoms with Crippen molar-refractivity contribution in [2.75, 3.05) is 13.2 Å². The van der Waals surface area contributed by atoms with Gasteiger partial charge in [0, 0.05) is 12.6 Å². The summed E-state index contributed by atoms with van der Waals surface area (Å²) in [5.74, 6) is -0.936. The topological polar surface area (TPSA) is 83.5 Å². The number of aliphatic carboxylic acids is 1. The van der Waals surface area contributed by atoms with Gasteiger partial charge in [-0.3, -0.25) is 0 Å². The average molecular weight is 390 g/mol. The van der Waals surface area contributed by atoms with Crippen LogP contribution in [-0.4, -0.2) is 29.3 Å². The smallest absolute Gasteiger partial charge is 0.328 e. The number of hydrogen-bond acceptors (Lipinski definition) is 3. The highest BCUT2D eigenvalue weighted by Gasteiger charge is 1.88. The molecule has 4 N–H and O–H groups in total. The molecule has 0 aromatic heterocycles. The fourth-order valence-electron chi connectivity index (χ4n) is 2.05. The molecule has 158 valence electrons. The molecule has 0 bridgehead atoms. The third-order valence-electron chi connectivity index (χ3n) is 3.48. The average Bonchev–Trinajstić information content (AvgIpc) is 2.69. The van der Waals surface area contributed by atoms with Gasteiger partial charge in [-0.05, 0) is 12.8 Å². The number of aliphatic hydroxyl groups is 1. The molecule has 4 heteroatoms. The Hall–Kier alpha value is -2.17. The van der Waals surface area contributed by atoms with Crippen LogP contribution in [0.25, 0.3) is 0 Å². The van der Waals surface area contributed by atoms with Gasteiger partial charge in [0.25, 0.3) is 0 Å². The zero-order valence-corrected chi connectivity index (χ0v) is 17.4. The van der Waals surface area contributed by atoms with E-state index < -0.39 is 5.97 Å². The quantitative estimate of drug-likeness (QED) is 0.196. The zero-order valence-electron chi connectivity index (χ0n) is 17.4. The molecule has 0 aliphatic carbocycles. The minimum absolute atomic E-state index is 0.0972. The molecule has 0 unspecified atom stereocenters. The van der Waals surface area contributed by atoms with Crippen LogP contribution in [0.2, 0.25) is 0 Å². The summed E-state index contributed by atoms with van der Waals surface area (Å²) in [6.45, 7) is 2.73. The van der Waals surface area contributed by atoms with E-state index in [2.05, 4.69) is 19.1 Å². The SMILES string of the molecule is CCCCCCCCC\C=C/C=C\C=C\C=C/C=C\C=C\C(=O)O.NCCO. The fraction of sp³-hybridized carbons (Fsp3) is 0.458. The van der Waals surface area contributed by atoms with Gasteiger partial charge in [-0.25, -0.2) is 4.79 Å². The molecule has 0 amide bonds. The van der Waals surface area contributed by atoms with Crippen molar-refractivity contribution < 1.29 is 15.0 Å². The molecule has 0 atom stereocenters. The van der Waals surface area contributed by atoms with Crippen LogP contribution in [0.5, 0.6) is 0 Å². The second kappa shape index (κ2) is 27.1. The first-order valence-corrected chi connectivity index (χ1v) is 10.2. The number of unbranched alkanes of at least 4 members (excludes halogenated alkanes) is 7. The van der Waals surface area contributed by atoms with Crippen LogP contribution < -0.4 is 5.73 Å². The van der Waals surface area contributed by atoms with Crippen LogP contribution >= 0.6 is 0 Å². The van der Waals surface area contributed by atoms with Gasteiger partial charge in [0.15, 0.2) is 0 Å². The first kappa shape index (κ1) is 28.0. The summed E-state index contributed by atoms with van der Waals surface area (Å²) in [7, 11) is 0. The van der Waals surface area contributed by atoms with Gasteiger partial charge < -0.3 is 15.9 Å². The van der Waals surface area contributed by atoms with E-state index >= 15 is 0 Å². The van der Waals surface area contributed by atoms with E-state index in [1.165, 1.54) is 51.0 Å². The molecule has 0 spiro atoms. The van der Waals surface area contributed by atoms with E-state index in [-0.39, 0.29) is 6.61 Å². The van der Waals surface area contributed by atoms with Crippen molar-refractivity contribution in [2.45, 2.75) is 58.3 Å². The van der Waals surface area contributed by atoms with Crippen LogP contribution in [0.4, 0.5) is 0 Å². The number of rotatable bonds is 15. The van der Waals surface area contributed by atoms with Crippen molar-refractivity contribution in [3.05, 3.63) is 72.9 Å². The highest BCUT2D eigenvalue weighted by molar-refractivity contribution is 5.80. The molecule has 0 saturated heterocycles. The molecular weight excluding hydrogens is 350 g/mol. The van der Waals surface area contributed by atoms with E-state index in [0.717, 1.165) is 12.5 Å². The number of carbonyl (C=O) groups is 1. The standard InChI is InChI=1S/C22H32O2.C2H7NO/c1-2-3-4-5-6-7-8-9-10-11-12-13-14-15-16-17-18-19-20-21-22(23)24;3-1-2-4/h10-21H,2-9H2,1H3,(H,23,24);4H,1-3H2/b11-10-,13-12-,15-14+,17-16-,19-18-,21-20+;. The van der Waals surface area contributed by atoms with E-state index in [9.17, 15) is 4.79 Å². The summed E-state index contributed by atoms with van der Waals surface area (Å²) >= 11 is 0. The molecule has 0 fully saturated rings. The summed E-state index contributed by atoms with van der Waals surface area (Å²) in [5.41, 5.74) is 4.78. The summed E-state index contributed by atoms with van der Waals surface area (Å²) < 4.78 is 0. The minimum Gasteiger partial charge on any atom is -0.478 e. The lowest BCUT2D eigenvalue weighted by Crippen LogP contribution is -2.02. The Morgan fingerprint density at radius 3 is 1.64 bits per heavy atom. The Kier molecular flexibility index (Phi) is 27.1. The number of hydrogen-bond donors (Lipinski definition) is 3. The van der Waals surface area contributed by atoms with Crippen molar-refractivity contribution in [1.29, 1.82) is 0 Å². The molecule has 0 aromatic carbocycles. The molecule has 0 radical (unpaired) electrons. The number of aliphatic hydroxyl groups excluding tert-OH is 1. The summed E-state index contributed by atoms with van der Waals surface area (Å²) in [5, 5.41) is 16.1. The molecule has 0 aliphatic heterocycles. The second-order valence-corrected chi connectivity index (χ2v) is 6.09. The van der Waals surface area contributed by atoms with Crippen molar-refractivity contribution >= 4 is 5.97 Å². The fourth-order valence-corrected chi connectivity index (χ4v) is 2.05. The second-order valence-electron chi connectivity index (χ2n) is 6.09.